The van der Waals surface area contributed by atoms with Crippen molar-refractivity contribution < 1.29 is 4.74 Å². The molecule has 2 heterocycles. The Labute approximate surface area is 80.4 Å². The van der Waals surface area contributed by atoms with Gasteiger partial charge in [-0.05, 0) is 26.8 Å². The monoisotopic (exact) mass is 184 g/mol. The van der Waals surface area contributed by atoms with E-state index in [1.807, 2.05) is 0 Å². The average Bonchev–Trinajstić information content (AvgIpc) is 2.03. The van der Waals surface area contributed by atoms with Crippen molar-refractivity contribution in [3.63, 3.8) is 0 Å². The molecule has 13 heavy (non-hydrogen) atoms. The van der Waals surface area contributed by atoms with Crippen molar-refractivity contribution in [2.75, 3.05) is 26.2 Å². The first kappa shape index (κ1) is 9.44. The molecule has 2 rings (SSSR count). The van der Waals surface area contributed by atoms with Crippen molar-refractivity contribution in [2.45, 2.75) is 38.5 Å². The summed E-state index contributed by atoms with van der Waals surface area (Å²) in [5, 5.41) is 3.45. The quantitative estimate of drug-likeness (QED) is 0.674. The van der Waals surface area contributed by atoms with Crippen molar-refractivity contribution >= 4 is 0 Å². The zero-order valence-corrected chi connectivity index (χ0v) is 8.62. The van der Waals surface area contributed by atoms with Crippen LogP contribution < -0.4 is 5.32 Å². The highest BCUT2D eigenvalue weighted by Gasteiger charge is 2.27. The fraction of sp³-hybridized carbons (Fsp3) is 1.00. The van der Waals surface area contributed by atoms with Crippen LogP contribution in [0.5, 0.6) is 0 Å². The summed E-state index contributed by atoms with van der Waals surface area (Å²) in [7, 11) is 0. The molecule has 1 N–H and O–H groups in total. The third-order valence-electron chi connectivity index (χ3n) is 3.12. The van der Waals surface area contributed by atoms with Crippen molar-refractivity contribution in [3.8, 4) is 0 Å². The highest BCUT2D eigenvalue weighted by Crippen LogP contribution is 2.14. The Bertz CT molecular complexity index is 170. The SMILES string of the molecule is CC1CN(CC2CCN2)C(C)CO1. The lowest BCUT2D eigenvalue weighted by Gasteiger charge is -2.41. The molecule has 0 aromatic carbocycles. The van der Waals surface area contributed by atoms with Crippen molar-refractivity contribution in [2.24, 2.45) is 0 Å². The normalized spacial score (nSPS) is 41.5. The largest absolute Gasteiger partial charge is 0.376 e. The summed E-state index contributed by atoms with van der Waals surface area (Å²) in [6.07, 6.45) is 1.76. The summed E-state index contributed by atoms with van der Waals surface area (Å²) < 4.78 is 5.59. The molecule has 3 unspecified atom stereocenters. The zero-order chi connectivity index (χ0) is 9.26. The van der Waals surface area contributed by atoms with E-state index >= 15 is 0 Å². The van der Waals surface area contributed by atoms with E-state index in [0.717, 1.165) is 19.2 Å². The molecule has 0 radical (unpaired) electrons. The Morgan fingerprint density at radius 2 is 2.23 bits per heavy atom. The van der Waals surface area contributed by atoms with Gasteiger partial charge in [-0.1, -0.05) is 0 Å². The minimum absolute atomic E-state index is 0.413. The fourth-order valence-electron chi connectivity index (χ4n) is 2.01. The maximum Gasteiger partial charge on any atom is 0.0674 e. The van der Waals surface area contributed by atoms with Crippen LogP contribution in [0.15, 0.2) is 0 Å². The molecule has 0 spiro atoms. The second-order valence-corrected chi connectivity index (χ2v) is 4.39. The highest BCUT2D eigenvalue weighted by atomic mass is 16.5. The molecule has 0 amide bonds. The lowest BCUT2D eigenvalue weighted by molar-refractivity contribution is -0.0541. The minimum atomic E-state index is 0.413. The maximum absolute atomic E-state index is 5.59. The molecule has 0 aromatic heterocycles. The molecule has 0 aliphatic carbocycles. The van der Waals surface area contributed by atoms with Gasteiger partial charge in [0.15, 0.2) is 0 Å². The summed E-state index contributed by atoms with van der Waals surface area (Å²) in [6, 6.07) is 1.34. The molecule has 2 aliphatic heterocycles. The standard InChI is InChI=1S/C10H20N2O/c1-8-7-13-9(2)5-12(8)6-10-3-4-11-10/h8-11H,3-7H2,1-2H3. The first-order chi connectivity index (χ1) is 6.25. The minimum Gasteiger partial charge on any atom is -0.376 e. The molecule has 76 valence electrons. The van der Waals surface area contributed by atoms with Crippen LogP contribution in [0.2, 0.25) is 0 Å². The topological polar surface area (TPSA) is 24.5 Å². The summed E-state index contributed by atoms with van der Waals surface area (Å²) in [5.41, 5.74) is 0. The van der Waals surface area contributed by atoms with E-state index in [9.17, 15) is 0 Å². The molecule has 3 heteroatoms. The van der Waals surface area contributed by atoms with E-state index < -0.39 is 0 Å². The number of ether oxygens (including phenoxy) is 1. The molecular formula is C10H20N2O. The van der Waals surface area contributed by atoms with Crippen molar-refractivity contribution in [3.05, 3.63) is 0 Å². The van der Waals surface area contributed by atoms with Gasteiger partial charge in [-0.25, -0.2) is 0 Å². The molecule has 2 saturated heterocycles. The average molecular weight is 184 g/mol. The van der Waals surface area contributed by atoms with Crippen LogP contribution in [-0.2, 0) is 4.74 Å². The molecule has 2 aliphatic rings. The predicted octanol–water partition coefficient (Wildman–Crippen LogP) is 0.457. The molecule has 3 nitrogen and oxygen atoms in total. The third-order valence-corrected chi connectivity index (χ3v) is 3.12. The Kier molecular flexibility index (Phi) is 2.86. The van der Waals surface area contributed by atoms with Crippen LogP contribution in [0.25, 0.3) is 0 Å². The van der Waals surface area contributed by atoms with Gasteiger partial charge in [0, 0.05) is 25.2 Å². The maximum atomic E-state index is 5.59. The summed E-state index contributed by atoms with van der Waals surface area (Å²) in [6.45, 7) is 8.82. The first-order valence-electron chi connectivity index (χ1n) is 5.34. The second-order valence-electron chi connectivity index (χ2n) is 4.39. The Hall–Kier alpha value is -0.120. The Morgan fingerprint density at radius 3 is 2.85 bits per heavy atom. The summed E-state index contributed by atoms with van der Waals surface area (Å²) in [5.74, 6) is 0. The molecule has 0 saturated carbocycles. The smallest absolute Gasteiger partial charge is 0.0674 e. The van der Waals surface area contributed by atoms with Gasteiger partial charge in [0.1, 0.15) is 0 Å². The zero-order valence-electron chi connectivity index (χ0n) is 8.62. The van der Waals surface area contributed by atoms with Gasteiger partial charge in [-0.2, -0.15) is 0 Å². The number of rotatable bonds is 2. The number of hydrogen-bond acceptors (Lipinski definition) is 3. The summed E-state index contributed by atoms with van der Waals surface area (Å²) >= 11 is 0. The van der Waals surface area contributed by atoms with Crippen LogP contribution in [0.4, 0.5) is 0 Å². The number of morpholine rings is 1. The van der Waals surface area contributed by atoms with E-state index in [4.69, 9.17) is 4.74 Å². The van der Waals surface area contributed by atoms with Gasteiger partial charge < -0.3 is 10.1 Å². The molecule has 0 bridgehead atoms. The molecule has 2 fully saturated rings. The second kappa shape index (κ2) is 3.95. The number of nitrogens with zero attached hydrogens (tertiary/aromatic N) is 1. The Morgan fingerprint density at radius 1 is 1.46 bits per heavy atom. The fourth-order valence-corrected chi connectivity index (χ4v) is 2.01. The lowest BCUT2D eigenvalue weighted by atomic mass is 10.1. The van der Waals surface area contributed by atoms with Gasteiger partial charge in [0.25, 0.3) is 0 Å². The first-order valence-corrected chi connectivity index (χ1v) is 5.34. The number of hydrogen-bond donors (Lipinski definition) is 1. The summed E-state index contributed by atoms with van der Waals surface area (Å²) in [4.78, 5) is 2.55. The van der Waals surface area contributed by atoms with E-state index in [1.165, 1.54) is 19.5 Å². The highest BCUT2D eigenvalue weighted by molar-refractivity contribution is 4.84. The van der Waals surface area contributed by atoms with Gasteiger partial charge in [0.2, 0.25) is 0 Å². The van der Waals surface area contributed by atoms with Gasteiger partial charge in [-0.15, -0.1) is 0 Å². The number of nitrogens with one attached hydrogen (secondary N) is 1. The van der Waals surface area contributed by atoms with Crippen LogP contribution in [-0.4, -0.2) is 49.3 Å². The van der Waals surface area contributed by atoms with E-state index in [2.05, 4.69) is 24.1 Å². The van der Waals surface area contributed by atoms with E-state index in [1.54, 1.807) is 0 Å². The molecular weight excluding hydrogens is 164 g/mol. The van der Waals surface area contributed by atoms with Crippen LogP contribution in [0.1, 0.15) is 20.3 Å². The lowest BCUT2D eigenvalue weighted by Crippen LogP contribution is -2.56. The molecule has 3 atom stereocenters. The molecule has 0 aromatic rings. The van der Waals surface area contributed by atoms with Crippen molar-refractivity contribution in [1.29, 1.82) is 0 Å². The third kappa shape index (κ3) is 2.22. The van der Waals surface area contributed by atoms with E-state index in [0.29, 0.717) is 12.1 Å². The van der Waals surface area contributed by atoms with E-state index in [-0.39, 0.29) is 0 Å². The van der Waals surface area contributed by atoms with Gasteiger partial charge in [0.05, 0.1) is 12.7 Å². The van der Waals surface area contributed by atoms with Crippen LogP contribution in [0.3, 0.4) is 0 Å². The predicted molar refractivity (Wildman–Crippen MR) is 52.9 cm³/mol. The van der Waals surface area contributed by atoms with Gasteiger partial charge >= 0.3 is 0 Å². The van der Waals surface area contributed by atoms with Crippen molar-refractivity contribution in [1.82, 2.24) is 10.2 Å². The van der Waals surface area contributed by atoms with Crippen LogP contribution >= 0.6 is 0 Å². The Balaban J connectivity index is 1.80. The van der Waals surface area contributed by atoms with Crippen LogP contribution in [0, 0.1) is 0 Å². The van der Waals surface area contributed by atoms with Gasteiger partial charge in [-0.3, -0.25) is 4.90 Å².